The number of aromatic nitrogens is 3. The maximum atomic E-state index is 5.36. The Hall–Kier alpha value is -0.660. The Morgan fingerprint density at radius 1 is 1.44 bits per heavy atom. The minimum Gasteiger partial charge on any atom is -0.408 e. The Bertz CT molecular complexity index is 558. The number of H-pyrrole nitrogens is 1. The molecular weight excluding hydrogens is 286 g/mol. The molecule has 0 aliphatic heterocycles. The molecule has 0 unspecified atom stereocenters. The number of aromatic amines is 1. The Kier molecular flexibility index (Phi) is 4.96. The highest BCUT2D eigenvalue weighted by molar-refractivity contribution is 7.98. The van der Waals surface area contributed by atoms with Gasteiger partial charge in [-0.3, -0.25) is 0 Å². The summed E-state index contributed by atoms with van der Waals surface area (Å²) in [5.74, 6) is 2.68. The Morgan fingerprint density at radius 2 is 2.28 bits per heavy atom. The van der Waals surface area contributed by atoms with E-state index in [1.54, 1.807) is 11.3 Å². The Labute approximate surface area is 119 Å². The van der Waals surface area contributed by atoms with Crippen LogP contribution in [0.3, 0.4) is 0 Å². The van der Waals surface area contributed by atoms with Crippen LogP contribution in [0.2, 0.25) is 0 Å². The maximum absolute atomic E-state index is 5.36. The van der Waals surface area contributed by atoms with E-state index in [0.717, 1.165) is 27.8 Å². The molecule has 0 amide bonds. The van der Waals surface area contributed by atoms with E-state index in [1.807, 2.05) is 11.8 Å². The zero-order chi connectivity index (χ0) is 13.0. The number of thioether (sulfide) groups is 1. The highest BCUT2D eigenvalue weighted by atomic mass is 32.2. The van der Waals surface area contributed by atoms with Gasteiger partial charge in [0, 0.05) is 5.75 Å². The topological polar surface area (TPSA) is 54.7 Å². The van der Waals surface area contributed by atoms with Crippen molar-refractivity contribution in [1.82, 2.24) is 15.2 Å². The third kappa shape index (κ3) is 3.21. The second kappa shape index (κ2) is 6.49. The predicted octanol–water partition coefficient (Wildman–Crippen LogP) is 4.06. The lowest BCUT2D eigenvalue weighted by Gasteiger charge is -1.93. The van der Waals surface area contributed by atoms with E-state index in [9.17, 15) is 0 Å². The molecule has 0 aromatic carbocycles. The van der Waals surface area contributed by atoms with Gasteiger partial charge in [0.15, 0.2) is 0 Å². The number of nitrogens with zero attached hydrogens (tertiary/aromatic N) is 2. The number of rotatable bonds is 6. The fraction of sp³-hybridized carbons (Fsp3) is 0.545. The zero-order valence-electron chi connectivity index (χ0n) is 10.4. The van der Waals surface area contributed by atoms with Gasteiger partial charge in [0.05, 0.1) is 5.69 Å². The molecule has 0 aliphatic carbocycles. The summed E-state index contributed by atoms with van der Waals surface area (Å²) >= 11 is 8.45. The van der Waals surface area contributed by atoms with Gasteiger partial charge in [-0.15, -0.1) is 16.4 Å². The number of hydrogen-bond acceptors (Lipinski definition) is 6. The average molecular weight is 301 g/mol. The van der Waals surface area contributed by atoms with E-state index in [-0.39, 0.29) is 0 Å². The first-order valence-electron chi connectivity index (χ1n) is 5.86. The van der Waals surface area contributed by atoms with Crippen molar-refractivity contribution in [2.24, 2.45) is 0 Å². The van der Waals surface area contributed by atoms with Crippen LogP contribution in [0.15, 0.2) is 4.42 Å². The molecule has 4 nitrogen and oxygen atoms in total. The van der Waals surface area contributed by atoms with Crippen LogP contribution < -0.4 is 0 Å². The van der Waals surface area contributed by atoms with Crippen molar-refractivity contribution < 1.29 is 4.42 Å². The number of thiazole rings is 1. The summed E-state index contributed by atoms with van der Waals surface area (Å²) in [6, 6.07) is 0. The van der Waals surface area contributed by atoms with Crippen LogP contribution in [0.5, 0.6) is 0 Å². The molecule has 18 heavy (non-hydrogen) atoms. The van der Waals surface area contributed by atoms with Crippen LogP contribution in [0.1, 0.15) is 31.0 Å². The van der Waals surface area contributed by atoms with Gasteiger partial charge in [0.2, 0.25) is 0 Å². The lowest BCUT2D eigenvalue weighted by molar-refractivity contribution is 0.552. The summed E-state index contributed by atoms with van der Waals surface area (Å²) in [5.41, 5.74) is 1.04. The van der Waals surface area contributed by atoms with Crippen molar-refractivity contribution in [2.75, 3.05) is 5.75 Å². The van der Waals surface area contributed by atoms with Crippen LogP contribution in [0, 0.1) is 4.84 Å². The molecule has 98 valence electrons. The standard InChI is InChI=1S/C11H15N3OS3/c1-3-5-17-6-8-12-7(4-2)9(18-8)10-13-14-11(16)15-10/h3-6H2,1-2H3,(H,14,16). The average Bonchev–Trinajstić information content (AvgIpc) is 2.95. The van der Waals surface area contributed by atoms with Crippen molar-refractivity contribution in [3.63, 3.8) is 0 Å². The SMILES string of the molecule is CCCSCc1nc(CC)c(-c2n[nH]c(=S)o2)s1. The lowest BCUT2D eigenvalue weighted by Crippen LogP contribution is -1.86. The van der Waals surface area contributed by atoms with Gasteiger partial charge in [-0.05, 0) is 30.8 Å². The molecule has 1 N–H and O–H groups in total. The molecule has 0 spiro atoms. The highest BCUT2D eigenvalue weighted by Gasteiger charge is 2.15. The molecule has 0 saturated carbocycles. The van der Waals surface area contributed by atoms with Crippen molar-refractivity contribution >= 4 is 35.3 Å². The molecule has 0 fully saturated rings. The van der Waals surface area contributed by atoms with Gasteiger partial charge < -0.3 is 4.42 Å². The number of hydrogen-bond donors (Lipinski definition) is 1. The van der Waals surface area contributed by atoms with Crippen molar-refractivity contribution in [3.8, 4) is 10.8 Å². The van der Waals surface area contributed by atoms with Crippen LogP contribution >= 0.6 is 35.3 Å². The third-order valence-corrected chi connectivity index (χ3v) is 4.90. The van der Waals surface area contributed by atoms with E-state index >= 15 is 0 Å². The number of nitrogens with one attached hydrogen (secondary N) is 1. The smallest absolute Gasteiger partial charge is 0.284 e. The largest absolute Gasteiger partial charge is 0.408 e. The van der Waals surface area contributed by atoms with E-state index < -0.39 is 0 Å². The van der Waals surface area contributed by atoms with Gasteiger partial charge in [-0.1, -0.05) is 13.8 Å². The zero-order valence-corrected chi connectivity index (χ0v) is 12.8. The minimum atomic E-state index is 0.308. The summed E-state index contributed by atoms with van der Waals surface area (Å²) in [4.78, 5) is 5.94. The van der Waals surface area contributed by atoms with Crippen LogP contribution in [-0.4, -0.2) is 20.9 Å². The quantitative estimate of drug-likeness (QED) is 0.644. The monoisotopic (exact) mass is 301 g/mol. The maximum Gasteiger partial charge on any atom is 0.284 e. The molecule has 2 aromatic rings. The molecule has 0 aliphatic rings. The summed E-state index contributed by atoms with van der Waals surface area (Å²) in [6.45, 7) is 4.27. The molecule has 0 saturated heterocycles. The van der Waals surface area contributed by atoms with E-state index in [0.29, 0.717) is 10.7 Å². The van der Waals surface area contributed by atoms with Crippen molar-refractivity contribution in [3.05, 3.63) is 15.5 Å². The van der Waals surface area contributed by atoms with Crippen LogP contribution in [-0.2, 0) is 12.2 Å². The molecule has 0 atom stereocenters. The summed E-state index contributed by atoms with van der Waals surface area (Å²) in [7, 11) is 0. The van der Waals surface area contributed by atoms with Gasteiger partial charge in [-0.25, -0.2) is 10.1 Å². The summed E-state index contributed by atoms with van der Waals surface area (Å²) in [6.07, 6.45) is 2.07. The van der Waals surface area contributed by atoms with Gasteiger partial charge >= 0.3 is 0 Å². The molecular formula is C11H15N3OS3. The van der Waals surface area contributed by atoms with E-state index in [2.05, 4.69) is 29.0 Å². The van der Waals surface area contributed by atoms with E-state index in [4.69, 9.17) is 16.6 Å². The van der Waals surface area contributed by atoms with Crippen molar-refractivity contribution in [1.29, 1.82) is 0 Å². The minimum absolute atomic E-state index is 0.308. The van der Waals surface area contributed by atoms with Gasteiger partial charge in [0.25, 0.3) is 10.7 Å². The fourth-order valence-electron chi connectivity index (χ4n) is 1.50. The Morgan fingerprint density at radius 3 is 2.89 bits per heavy atom. The second-order valence-corrected chi connectivity index (χ2v) is 6.27. The molecule has 7 heteroatoms. The van der Waals surface area contributed by atoms with Crippen LogP contribution in [0.4, 0.5) is 0 Å². The normalized spacial score (nSPS) is 11.0. The Balaban J connectivity index is 2.21. The molecule has 2 heterocycles. The third-order valence-electron chi connectivity index (χ3n) is 2.28. The van der Waals surface area contributed by atoms with Crippen molar-refractivity contribution in [2.45, 2.75) is 32.4 Å². The molecule has 0 radical (unpaired) electrons. The first-order chi connectivity index (χ1) is 8.74. The first kappa shape index (κ1) is 13.8. The number of aryl methyl sites for hydroxylation is 1. The van der Waals surface area contributed by atoms with Gasteiger partial charge in [-0.2, -0.15) is 11.8 Å². The summed E-state index contributed by atoms with van der Waals surface area (Å²) in [5, 5.41) is 7.85. The fourth-order valence-corrected chi connectivity index (χ4v) is 3.66. The lowest BCUT2D eigenvalue weighted by atomic mass is 10.3. The second-order valence-electron chi connectivity index (χ2n) is 3.71. The summed E-state index contributed by atoms with van der Waals surface area (Å²) < 4.78 is 5.36. The molecule has 0 bridgehead atoms. The van der Waals surface area contributed by atoms with E-state index in [1.165, 1.54) is 12.2 Å². The predicted molar refractivity (Wildman–Crippen MR) is 78.6 cm³/mol. The molecule has 2 aromatic heterocycles. The first-order valence-corrected chi connectivity index (χ1v) is 8.24. The molecule has 2 rings (SSSR count). The van der Waals surface area contributed by atoms with Gasteiger partial charge in [0.1, 0.15) is 9.88 Å². The highest BCUT2D eigenvalue weighted by Crippen LogP contribution is 2.31. The van der Waals surface area contributed by atoms with Crippen LogP contribution in [0.25, 0.3) is 10.8 Å².